The van der Waals surface area contributed by atoms with Crippen LogP contribution in [0.3, 0.4) is 0 Å². The molecule has 0 saturated carbocycles. The molecular weight excluding hydrogens is 207 g/mol. The van der Waals surface area contributed by atoms with Crippen LogP contribution in [0.1, 0.15) is 42.3 Å². The number of benzene rings is 1. The summed E-state index contributed by atoms with van der Waals surface area (Å²) in [6.07, 6.45) is 0.702. The minimum absolute atomic E-state index is 0.271. The van der Waals surface area contributed by atoms with Gasteiger partial charge in [-0.25, -0.2) is 9.18 Å². The van der Waals surface area contributed by atoms with Crippen LogP contribution in [0.2, 0.25) is 0 Å². The van der Waals surface area contributed by atoms with Gasteiger partial charge < -0.3 is 4.74 Å². The van der Waals surface area contributed by atoms with Gasteiger partial charge in [-0.05, 0) is 36.6 Å². The van der Waals surface area contributed by atoms with Gasteiger partial charge in [0.15, 0.2) is 0 Å². The summed E-state index contributed by atoms with van der Waals surface area (Å²) in [4.78, 5) is 11.2. The van der Waals surface area contributed by atoms with Crippen molar-refractivity contribution < 1.29 is 13.9 Å². The van der Waals surface area contributed by atoms with Gasteiger partial charge in [-0.15, -0.1) is 0 Å². The Morgan fingerprint density at radius 1 is 1.38 bits per heavy atom. The van der Waals surface area contributed by atoms with Crippen LogP contribution in [-0.4, -0.2) is 13.1 Å². The molecule has 16 heavy (non-hydrogen) atoms. The lowest BCUT2D eigenvalue weighted by Crippen LogP contribution is -2.04. The summed E-state index contributed by atoms with van der Waals surface area (Å²) in [6.45, 7) is 7.62. The zero-order valence-corrected chi connectivity index (χ0v) is 10.6. The lowest BCUT2D eigenvalue weighted by atomic mass is 10.0. The Kier molecular flexibility index (Phi) is 6.38. The van der Waals surface area contributed by atoms with Gasteiger partial charge in [-0.3, -0.25) is 0 Å². The number of esters is 1. The van der Waals surface area contributed by atoms with Crippen molar-refractivity contribution in [3.63, 3.8) is 0 Å². The molecule has 0 unspecified atom stereocenters. The summed E-state index contributed by atoms with van der Waals surface area (Å²) in [5.41, 5.74) is 1.71. The Bertz CT molecular complexity index is 359. The molecule has 1 aromatic carbocycles. The molecule has 0 fully saturated rings. The summed E-state index contributed by atoms with van der Waals surface area (Å²) in [5.74, 6) is -0.858. The van der Waals surface area contributed by atoms with Crippen molar-refractivity contribution in [3.05, 3.63) is 34.6 Å². The molecule has 3 heteroatoms. The van der Waals surface area contributed by atoms with E-state index in [1.807, 2.05) is 20.8 Å². The number of hydrogen-bond acceptors (Lipinski definition) is 2. The zero-order valence-electron chi connectivity index (χ0n) is 10.6. The second-order valence-electron chi connectivity index (χ2n) is 3.09. The Morgan fingerprint density at radius 2 is 1.94 bits per heavy atom. The van der Waals surface area contributed by atoms with E-state index in [9.17, 15) is 9.18 Å². The minimum Gasteiger partial charge on any atom is -0.465 e. The quantitative estimate of drug-likeness (QED) is 0.721. The fourth-order valence-electron chi connectivity index (χ4n) is 1.34. The van der Waals surface area contributed by atoms with Gasteiger partial charge in [-0.2, -0.15) is 0 Å². The van der Waals surface area contributed by atoms with Crippen LogP contribution >= 0.6 is 0 Å². The van der Waals surface area contributed by atoms with E-state index in [4.69, 9.17) is 0 Å². The molecule has 1 rings (SSSR count). The lowest BCUT2D eigenvalue weighted by Gasteiger charge is -2.07. The molecule has 0 atom stereocenters. The normalized spacial score (nSPS) is 9.12. The summed E-state index contributed by atoms with van der Waals surface area (Å²) in [6, 6.07) is 2.88. The van der Waals surface area contributed by atoms with Crippen LogP contribution in [0.25, 0.3) is 0 Å². The Labute approximate surface area is 96.4 Å². The monoisotopic (exact) mass is 226 g/mol. The summed E-state index contributed by atoms with van der Waals surface area (Å²) in [7, 11) is 1.28. The van der Waals surface area contributed by atoms with Gasteiger partial charge in [-0.1, -0.05) is 20.8 Å². The molecule has 0 amide bonds. The van der Waals surface area contributed by atoms with Gasteiger partial charge in [0.2, 0.25) is 0 Å². The fourth-order valence-corrected chi connectivity index (χ4v) is 1.34. The van der Waals surface area contributed by atoms with Crippen molar-refractivity contribution >= 4 is 5.97 Å². The van der Waals surface area contributed by atoms with E-state index in [0.29, 0.717) is 12.0 Å². The summed E-state index contributed by atoms with van der Waals surface area (Å²) in [5, 5.41) is 0. The smallest absolute Gasteiger partial charge is 0.337 e. The summed E-state index contributed by atoms with van der Waals surface area (Å²) >= 11 is 0. The maximum atomic E-state index is 13.3. The van der Waals surface area contributed by atoms with E-state index in [1.165, 1.54) is 13.2 Å². The second kappa shape index (κ2) is 6.99. The van der Waals surface area contributed by atoms with E-state index in [-0.39, 0.29) is 11.4 Å². The van der Waals surface area contributed by atoms with Crippen LogP contribution in [0.4, 0.5) is 4.39 Å². The molecule has 0 radical (unpaired) electrons. The molecule has 0 aliphatic carbocycles. The molecule has 90 valence electrons. The van der Waals surface area contributed by atoms with E-state index in [0.717, 1.165) is 5.56 Å². The number of ether oxygens (including phenoxy) is 1. The topological polar surface area (TPSA) is 26.3 Å². The highest BCUT2D eigenvalue weighted by atomic mass is 19.1. The van der Waals surface area contributed by atoms with Crippen LogP contribution in [0, 0.1) is 12.7 Å². The van der Waals surface area contributed by atoms with Crippen molar-refractivity contribution in [2.75, 3.05) is 7.11 Å². The number of halogens is 1. The van der Waals surface area contributed by atoms with Crippen LogP contribution < -0.4 is 0 Å². The van der Waals surface area contributed by atoms with Crippen molar-refractivity contribution in [3.8, 4) is 0 Å². The molecule has 1 aromatic rings. The Morgan fingerprint density at radius 3 is 2.38 bits per heavy atom. The second-order valence-corrected chi connectivity index (χ2v) is 3.09. The maximum Gasteiger partial charge on any atom is 0.337 e. The first-order chi connectivity index (χ1) is 7.60. The minimum atomic E-state index is -0.501. The number of aryl methyl sites for hydroxylation is 1. The Balaban J connectivity index is 0.00000106. The number of methoxy groups -OCH3 is 1. The predicted molar refractivity (Wildman–Crippen MR) is 63.2 cm³/mol. The van der Waals surface area contributed by atoms with E-state index in [1.54, 1.807) is 13.0 Å². The molecule has 0 spiro atoms. The average Bonchev–Trinajstić information content (AvgIpc) is 2.34. The average molecular weight is 226 g/mol. The first-order valence-corrected chi connectivity index (χ1v) is 5.47. The number of carbonyl (C=O) groups excluding carboxylic acids is 1. The van der Waals surface area contributed by atoms with Gasteiger partial charge in [0.1, 0.15) is 5.82 Å². The molecule has 0 aliphatic heterocycles. The fraction of sp³-hybridized carbons (Fsp3) is 0.462. The van der Waals surface area contributed by atoms with Crippen molar-refractivity contribution in [2.45, 2.75) is 34.1 Å². The third-order valence-electron chi connectivity index (χ3n) is 2.25. The van der Waals surface area contributed by atoms with Gasteiger partial charge >= 0.3 is 5.97 Å². The first-order valence-electron chi connectivity index (χ1n) is 5.47. The van der Waals surface area contributed by atoms with Crippen LogP contribution in [-0.2, 0) is 11.2 Å². The van der Waals surface area contributed by atoms with Crippen LogP contribution in [0.15, 0.2) is 12.1 Å². The van der Waals surface area contributed by atoms with E-state index < -0.39 is 5.97 Å². The third kappa shape index (κ3) is 3.33. The first kappa shape index (κ1) is 14.6. The highest BCUT2D eigenvalue weighted by Gasteiger charge is 2.11. The molecule has 0 bridgehead atoms. The lowest BCUT2D eigenvalue weighted by molar-refractivity contribution is 0.0600. The summed E-state index contributed by atoms with van der Waals surface area (Å²) < 4.78 is 17.8. The Hall–Kier alpha value is -1.38. The molecular formula is C13H19FO2. The van der Waals surface area contributed by atoms with Gasteiger partial charge in [0.25, 0.3) is 0 Å². The molecule has 0 N–H and O–H groups in total. The number of rotatable bonds is 2. The maximum absolute atomic E-state index is 13.3. The predicted octanol–water partition coefficient (Wildman–Crippen LogP) is 3.51. The SMILES string of the molecule is CC.CCc1cc(C(=O)OC)cc(F)c1C. The largest absolute Gasteiger partial charge is 0.465 e. The highest BCUT2D eigenvalue weighted by molar-refractivity contribution is 5.89. The molecule has 0 aliphatic rings. The van der Waals surface area contributed by atoms with Gasteiger partial charge in [0, 0.05) is 0 Å². The van der Waals surface area contributed by atoms with E-state index >= 15 is 0 Å². The molecule has 2 nitrogen and oxygen atoms in total. The third-order valence-corrected chi connectivity index (χ3v) is 2.25. The zero-order chi connectivity index (χ0) is 12.7. The van der Waals surface area contributed by atoms with Crippen molar-refractivity contribution in [2.24, 2.45) is 0 Å². The van der Waals surface area contributed by atoms with Crippen molar-refractivity contribution in [1.82, 2.24) is 0 Å². The van der Waals surface area contributed by atoms with Gasteiger partial charge in [0.05, 0.1) is 12.7 Å². The standard InChI is InChI=1S/C11H13FO2.C2H6/c1-4-8-5-9(11(13)14-3)6-10(12)7(8)2;1-2/h5-6H,4H2,1-3H3;1-2H3. The van der Waals surface area contributed by atoms with E-state index in [2.05, 4.69) is 4.74 Å². The number of carbonyl (C=O) groups is 1. The molecule has 0 saturated heterocycles. The number of hydrogen-bond donors (Lipinski definition) is 0. The van der Waals surface area contributed by atoms with Crippen LogP contribution in [0.5, 0.6) is 0 Å². The highest BCUT2D eigenvalue weighted by Crippen LogP contribution is 2.16. The molecule has 0 aromatic heterocycles. The van der Waals surface area contributed by atoms with Crippen molar-refractivity contribution in [1.29, 1.82) is 0 Å². The molecule has 0 heterocycles.